The molecule has 0 aromatic rings. The summed E-state index contributed by atoms with van der Waals surface area (Å²) in [5.41, 5.74) is 2.12. The van der Waals surface area contributed by atoms with E-state index < -0.39 is 0 Å². The summed E-state index contributed by atoms with van der Waals surface area (Å²) in [4.78, 5) is 13.0. The van der Waals surface area contributed by atoms with Gasteiger partial charge >= 0.3 is 0 Å². The third kappa shape index (κ3) is 4.82. The molecule has 0 saturated carbocycles. The van der Waals surface area contributed by atoms with E-state index >= 15 is 0 Å². The predicted octanol–water partition coefficient (Wildman–Crippen LogP) is -0.667. The van der Waals surface area contributed by atoms with Crippen LogP contribution >= 0.6 is 0 Å². The minimum atomic E-state index is -0.193. The molecule has 0 heterocycles. The van der Waals surface area contributed by atoms with Crippen molar-refractivity contribution in [3.63, 3.8) is 0 Å². The first-order valence-corrected chi connectivity index (χ1v) is 4.33. The van der Waals surface area contributed by atoms with Gasteiger partial charge in [0.1, 0.15) is 0 Å². The zero-order chi connectivity index (χ0) is 10.3. The van der Waals surface area contributed by atoms with E-state index in [9.17, 15) is 4.79 Å². The summed E-state index contributed by atoms with van der Waals surface area (Å²) in [7, 11) is 3.55. The van der Waals surface area contributed by atoms with Crippen molar-refractivity contribution in [1.29, 1.82) is 0 Å². The van der Waals surface area contributed by atoms with Gasteiger partial charge in [0.15, 0.2) is 0 Å². The minimum Gasteiger partial charge on any atom is -0.385 e. The molecule has 0 radical (unpaired) electrons. The van der Waals surface area contributed by atoms with Gasteiger partial charge in [0.2, 0.25) is 0 Å². The van der Waals surface area contributed by atoms with Gasteiger partial charge in [-0.2, -0.15) is 0 Å². The van der Waals surface area contributed by atoms with E-state index in [1.54, 1.807) is 7.11 Å². The van der Waals surface area contributed by atoms with Gasteiger partial charge in [0.25, 0.3) is 5.91 Å². The lowest BCUT2D eigenvalue weighted by Gasteiger charge is -2.22. The van der Waals surface area contributed by atoms with Crippen molar-refractivity contribution in [3.8, 4) is 0 Å². The monoisotopic (exact) mass is 189 g/mol. The molecule has 0 spiro atoms. The zero-order valence-corrected chi connectivity index (χ0v) is 8.54. The fourth-order valence-electron chi connectivity index (χ4n) is 0.973. The molecule has 1 unspecified atom stereocenters. The van der Waals surface area contributed by atoms with E-state index in [1.165, 1.54) is 0 Å². The Labute approximate surface area is 79.2 Å². The first-order chi connectivity index (χ1) is 6.13. The van der Waals surface area contributed by atoms with Crippen LogP contribution in [0.5, 0.6) is 0 Å². The Morgan fingerprint density at radius 3 is 2.77 bits per heavy atom. The fraction of sp³-hybridized carbons (Fsp3) is 0.875. The molecule has 1 amide bonds. The largest absolute Gasteiger partial charge is 0.385 e. The lowest BCUT2D eigenvalue weighted by molar-refractivity contribution is -0.125. The number of ether oxygens (including phenoxy) is 1. The maximum Gasteiger partial charge on any atom is 0.250 e. The molecule has 0 fully saturated rings. The van der Waals surface area contributed by atoms with Crippen LogP contribution in [-0.4, -0.2) is 44.2 Å². The van der Waals surface area contributed by atoms with E-state index in [0.717, 1.165) is 13.0 Å². The van der Waals surface area contributed by atoms with Crippen molar-refractivity contribution in [2.24, 2.45) is 5.84 Å². The Kier molecular flexibility index (Phi) is 6.48. The SMILES string of the molecule is COCCCN(C)C(C)C(=O)NN. The number of amides is 1. The third-order valence-corrected chi connectivity index (χ3v) is 2.04. The Morgan fingerprint density at radius 2 is 2.31 bits per heavy atom. The van der Waals surface area contributed by atoms with Gasteiger partial charge in [-0.15, -0.1) is 0 Å². The van der Waals surface area contributed by atoms with Crippen LogP contribution in [0.4, 0.5) is 0 Å². The van der Waals surface area contributed by atoms with Gasteiger partial charge in [0, 0.05) is 20.3 Å². The Bertz CT molecular complexity index is 152. The fourth-order valence-corrected chi connectivity index (χ4v) is 0.973. The molecule has 78 valence electrons. The van der Waals surface area contributed by atoms with Gasteiger partial charge in [-0.1, -0.05) is 0 Å². The lowest BCUT2D eigenvalue weighted by Crippen LogP contribution is -2.46. The van der Waals surface area contributed by atoms with E-state index in [1.807, 2.05) is 18.9 Å². The number of hydrogen-bond donors (Lipinski definition) is 2. The molecule has 5 nitrogen and oxygen atoms in total. The van der Waals surface area contributed by atoms with Crippen LogP contribution in [0.15, 0.2) is 0 Å². The molecule has 13 heavy (non-hydrogen) atoms. The van der Waals surface area contributed by atoms with Crippen LogP contribution in [0.25, 0.3) is 0 Å². The van der Waals surface area contributed by atoms with Crippen molar-refractivity contribution >= 4 is 5.91 Å². The first kappa shape index (κ1) is 12.3. The lowest BCUT2D eigenvalue weighted by atomic mass is 10.2. The second-order valence-corrected chi connectivity index (χ2v) is 3.01. The van der Waals surface area contributed by atoms with Crippen LogP contribution in [0, 0.1) is 0 Å². The van der Waals surface area contributed by atoms with Crippen molar-refractivity contribution in [2.45, 2.75) is 19.4 Å². The van der Waals surface area contributed by atoms with Crippen molar-refractivity contribution in [1.82, 2.24) is 10.3 Å². The summed E-state index contributed by atoms with van der Waals surface area (Å²) in [6, 6.07) is -0.193. The topological polar surface area (TPSA) is 67.6 Å². The maximum absolute atomic E-state index is 11.1. The van der Waals surface area contributed by atoms with Gasteiger partial charge in [-0.3, -0.25) is 15.1 Å². The van der Waals surface area contributed by atoms with E-state index in [4.69, 9.17) is 10.6 Å². The highest BCUT2D eigenvalue weighted by Crippen LogP contribution is 1.96. The minimum absolute atomic E-state index is 0.167. The van der Waals surface area contributed by atoms with Gasteiger partial charge in [-0.05, 0) is 20.4 Å². The summed E-state index contributed by atoms with van der Waals surface area (Å²) >= 11 is 0. The number of carbonyl (C=O) groups is 1. The highest BCUT2D eigenvalue weighted by molar-refractivity contribution is 5.80. The summed E-state index contributed by atoms with van der Waals surface area (Å²) in [5, 5.41) is 0. The van der Waals surface area contributed by atoms with Crippen LogP contribution in [0.3, 0.4) is 0 Å². The molecular formula is C8H19N3O2. The van der Waals surface area contributed by atoms with Gasteiger partial charge < -0.3 is 4.74 Å². The molecule has 0 rings (SSSR count). The van der Waals surface area contributed by atoms with E-state index in [-0.39, 0.29) is 11.9 Å². The van der Waals surface area contributed by atoms with Crippen LogP contribution < -0.4 is 11.3 Å². The van der Waals surface area contributed by atoms with Crippen LogP contribution in [0.1, 0.15) is 13.3 Å². The summed E-state index contributed by atoms with van der Waals surface area (Å²) < 4.78 is 4.91. The normalized spacial score (nSPS) is 13.0. The number of likely N-dealkylation sites (N-methyl/N-ethyl adjacent to an activating group) is 1. The summed E-state index contributed by atoms with van der Waals surface area (Å²) in [6.45, 7) is 3.35. The maximum atomic E-state index is 11.1. The molecule has 5 heteroatoms. The van der Waals surface area contributed by atoms with Crippen LogP contribution in [0.2, 0.25) is 0 Å². The molecule has 0 bridgehead atoms. The molecule has 1 atom stereocenters. The number of carbonyl (C=O) groups excluding carboxylic acids is 1. The zero-order valence-electron chi connectivity index (χ0n) is 8.54. The highest BCUT2D eigenvalue weighted by atomic mass is 16.5. The van der Waals surface area contributed by atoms with E-state index in [0.29, 0.717) is 6.61 Å². The molecule has 0 aromatic heterocycles. The van der Waals surface area contributed by atoms with E-state index in [2.05, 4.69) is 5.43 Å². The van der Waals surface area contributed by atoms with Crippen molar-refractivity contribution < 1.29 is 9.53 Å². The number of methoxy groups -OCH3 is 1. The third-order valence-electron chi connectivity index (χ3n) is 2.04. The Balaban J connectivity index is 3.68. The summed E-state index contributed by atoms with van der Waals surface area (Å²) in [5.74, 6) is 4.85. The standard InChI is InChI=1S/C8H19N3O2/c1-7(8(12)10-9)11(2)5-4-6-13-3/h7H,4-6,9H2,1-3H3,(H,10,12). The Morgan fingerprint density at radius 1 is 1.69 bits per heavy atom. The second-order valence-electron chi connectivity index (χ2n) is 3.01. The van der Waals surface area contributed by atoms with Crippen molar-refractivity contribution in [2.75, 3.05) is 27.3 Å². The number of nitrogens with one attached hydrogen (secondary N) is 1. The molecule has 0 aliphatic rings. The summed E-state index contributed by atoms with van der Waals surface area (Å²) in [6.07, 6.45) is 0.912. The second kappa shape index (κ2) is 6.82. The van der Waals surface area contributed by atoms with Crippen molar-refractivity contribution in [3.05, 3.63) is 0 Å². The van der Waals surface area contributed by atoms with Gasteiger partial charge in [0.05, 0.1) is 6.04 Å². The first-order valence-electron chi connectivity index (χ1n) is 4.33. The average Bonchev–Trinajstić information content (AvgIpc) is 2.15. The highest BCUT2D eigenvalue weighted by Gasteiger charge is 2.15. The molecule has 0 aliphatic carbocycles. The Hall–Kier alpha value is -0.650. The molecule has 0 saturated heterocycles. The number of rotatable bonds is 6. The molecule has 0 aliphatic heterocycles. The molecular weight excluding hydrogens is 170 g/mol. The quantitative estimate of drug-likeness (QED) is 0.252. The average molecular weight is 189 g/mol. The van der Waals surface area contributed by atoms with Gasteiger partial charge in [-0.25, -0.2) is 5.84 Å². The molecule has 0 aromatic carbocycles. The number of hydrogen-bond acceptors (Lipinski definition) is 4. The predicted molar refractivity (Wildman–Crippen MR) is 50.9 cm³/mol. The van der Waals surface area contributed by atoms with Crippen LogP contribution in [-0.2, 0) is 9.53 Å². The smallest absolute Gasteiger partial charge is 0.250 e. The number of nitrogens with zero attached hydrogens (tertiary/aromatic N) is 1. The number of nitrogens with two attached hydrogens (primary N) is 1. The molecule has 3 N–H and O–H groups in total. The number of hydrazine groups is 1.